The van der Waals surface area contributed by atoms with Gasteiger partial charge in [0, 0.05) is 25.7 Å². The molecule has 0 radical (unpaired) electrons. The number of hydrogen-bond donors (Lipinski definition) is 1. The van der Waals surface area contributed by atoms with Crippen LogP contribution in [0, 0.1) is 17.1 Å². The molecule has 0 amide bonds. The van der Waals surface area contributed by atoms with Gasteiger partial charge in [0.25, 0.3) is 0 Å². The van der Waals surface area contributed by atoms with Crippen molar-refractivity contribution in [3.63, 3.8) is 0 Å². The van der Waals surface area contributed by atoms with Gasteiger partial charge in [0.05, 0.1) is 17.6 Å². The van der Waals surface area contributed by atoms with Crippen LogP contribution >= 0.6 is 0 Å². The topological polar surface area (TPSA) is 66.1 Å². The number of anilines is 1. The summed E-state index contributed by atoms with van der Waals surface area (Å²) >= 11 is 0. The number of hydrogen-bond acceptors (Lipinski definition) is 5. The van der Waals surface area contributed by atoms with Crippen molar-refractivity contribution >= 4 is 17.0 Å². The highest BCUT2D eigenvalue weighted by Crippen LogP contribution is 2.24. The van der Waals surface area contributed by atoms with Crippen molar-refractivity contribution in [3.05, 3.63) is 89.7 Å². The smallest absolute Gasteiger partial charge is 0.204 e. The number of nitriles is 1. The van der Waals surface area contributed by atoms with E-state index in [-0.39, 0.29) is 12.4 Å². The fourth-order valence-corrected chi connectivity index (χ4v) is 4.76. The van der Waals surface area contributed by atoms with Gasteiger partial charge in [-0.1, -0.05) is 36.4 Å². The lowest BCUT2D eigenvalue weighted by atomic mass is 10.0. The molecule has 1 aromatic heterocycles. The van der Waals surface area contributed by atoms with E-state index < -0.39 is 0 Å². The fourth-order valence-electron chi connectivity index (χ4n) is 4.76. The van der Waals surface area contributed by atoms with E-state index >= 15 is 0 Å². The van der Waals surface area contributed by atoms with E-state index in [1.807, 2.05) is 48.5 Å². The Hall–Kier alpha value is -3.89. The predicted molar refractivity (Wildman–Crippen MR) is 140 cm³/mol. The maximum absolute atomic E-state index is 13.4. The van der Waals surface area contributed by atoms with Gasteiger partial charge in [-0.25, -0.2) is 9.37 Å². The molecule has 1 aliphatic rings. The molecule has 1 aliphatic heterocycles. The molecule has 6 nitrogen and oxygen atoms in total. The monoisotopic (exact) mass is 483 g/mol. The Bertz CT molecular complexity index is 1320. The minimum absolute atomic E-state index is 0.0742. The number of para-hydroxylation sites is 2. The van der Waals surface area contributed by atoms with Gasteiger partial charge >= 0.3 is 0 Å². The summed E-state index contributed by atoms with van der Waals surface area (Å²) in [4.78, 5) is 7.39. The van der Waals surface area contributed by atoms with Crippen molar-refractivity contribution in [1.29, 1.82) is 5.26 Å². The van der Waals surface area contributed by atoms with Crippen molar-refractivity contribution in [2.75, 3.05) is 31.6 Å². The molecule has 2 heterocycles. The minimum Gasteiger partial charge on any atom is -0.479 e. The number of imidazole rings is 1. The van der Waals surface area contributed by atoms with Gasteiger partial charge in [-0.05, 0) is 66.8 Å². The Balaban J connectivity index is 1.17. The normalized spacial score (nSPS) is 14.6. The molecule has 184 valence electrons. The summed E-state index contributed by atoms with van der Waals surface area (Å²) in [6.45, 7) is 3.82. The van der Waals surface area contributed by atoms with Crippen LogP contribution in [0.5, 0.6) is 5.75 Å². The Morgan fingerprint density at radius 3 is 2.44 bits per heavy atom. The first-order chi connectivity index (χ1) is 17.7. The molecule has 1 saturated heterocycles. The second-order valence-electron chi connectivity index (χ2n) is 9.24. The third-order valence-electron chi connectivity index (χ3n) is 6.77. The van der Waals surface area contributed by atoms with Crippen LogP contribution in [0.1, 0.15) is 24.0 Å². The Morgan fingerprint density at radius 2 is 1.69 bits per heavy atom. The highest BCUT2D eigenvalue weighted by Gasteiger charge is 2.21. The SMILES string of the molecule is N#CCOc1ccc(CCN2CCC(Nc3nc4ccccc4n3Cc3ccc(F)cc3)CC2)cc1. The summed E-state index contributed by atoms with van der Waals surface area (Å²) in [5.41, 5.74) is 4.35. The number of fused-ring (bicyclic) bond motifs is 1. The predicted octanol–water partition coefficient (Wildman–Crippen LogP) is 5.25. The zero-order valence-corrected chi connectivity index (χ0v) is 20.2. The molecule has 7 heteroatoms. The molecule has 0 unspecified atom stereocenters. The first kappa shape index (κ1) is 23.8. The molecular formula is C29H30FN5O. The van der Waals surface area contributed by atoms with Crippen LogP contribution in [0.3, 0.4) is 0 Å². The standard InChI is InChI=1S/C29H30FN5O/c30-24-9-5-23(6-10-24)21-35-28-4-2-1-3-27(28)33-29(35)32-25-14-18-34(19-15-25)17-13-22-7-11-26(12-8-22)36-20-16-31/h1-12,25H,13-15,17-21H2,(H,32,33). The van der Waals surface area contributed by atoms with Gasteiger partial charge < -0.3 is 19.5 Å². The zero-order chi connectivity index (χ0) is 24.7. The quantitative estimate of drug-likeness (QED) is 0.352. The molecule has 0 bridgehead atoms. The van der Waals surface area contributed by atoms with Gasteiger partial charge in [-0.15, -0.1) is 0 Å². The van der Waals surface area contributed by atoms with Crippen LogP contribution in [0.15, 0.2) is 72.8 Å². The van der Waals surface area contributed by atoms with Gasteiger partial charge in [0.1, 0.15) is 17.6 Å². The van der Waals surface area contributed by atoms with E-state index in [0.717, 1.165) is 67.2 Å². The lowest BCUT2D eigenvalue weighted by Gasteiger charge is -2.32. The number of halogens is 1. The van der Waals surface area contributed by atoms with Gasteiger partial charge in [-0.3, -0.25) is 0 Å². The minimum atomic E-state index is -0.221. The van der Waals surface area contributed by atoms with Crippen LogP contribution in [0.2, 0.25) is 0 Å². The molecule has 36 heavy (non-hydrogen) atoms. The molecule has 0 spiro atoms. The van der Waals surface area contributed by atoms with Crippen LogP contribution in [0.4, 0.5) is 10.3 Å². The maximum Gasteiger partial charge on any atom is 0.204 e. The molecule has 3 aromatic carbocycles. The number of likely N-dealkylation sites (tertiary alicyclic amines) is 1. The average molecular weight is 484 g/mol. The summed E-state index contributed by atoms with van der Waals surface area (Å²) in [5, 5.41) is 12.3. The van der Waals surface area contributed by atoms with E-state index in [0.29, 0.717) is 12.6 Å². The number of ether oxygens (including phenoxy) is 1. The summed E-state index contributed by atoms with van der Waals surface area (Å²) in [6.07, 6.45) is 3.10. The van der Waals surface area contributed by atoms with Gasteiger partial charge in [0.15, 0.2) is 6.61 Å². The van der Waals surface area contributed by atoms with E-state index in [4.69, 9.17) is 15.0 Å². The third-order valence-corrected chi connectivity index (χ3v) is 6.77. The molecule has 0 atom stereocenters. The maximum atomic E-state index is 13.4. The number of benzene rings is 3. The van der Waals surface area contributed by atoms with Crippen molar-refractivity contribution in [1.82, 2.24) is 14.5 Å². The lowest BCUT2D eigenvalue weighted by Crippen LogP contribution is -2.40. The molecule has 1 fully saturated rings. The molecule has 1 N–H and O–H groups in total. The third kappa shape index (κ3) is 5.84. The van der Waals surface area contributed by atoms with Gasteiger partial charge in [-0.2, -0.15) is 5.26 Å². The first-order valence-corrected chi connectivity index (χ1v) is 12.5. The zero-order valence-electron chi connectivity index (χ0n) is 20.2. The Labute approximate surface area is 210 Å². The van der Waals surface area contributed by atoms with Crippen LogP contribution in [-0.2, 0) is 13.0 Å². The van der Waals surface area contributed by atoms with E-state index in [1.54, 1.807) is 0 Å². The number of rotatable bonds is 9. The van der Waals surface area contributed by atoms with Crippen molar-refractivity contribution in [2.24, 2.45) is 0 Å². The molecule has 5 rings (SSSR count). The number of piperidine rings is 1. The largest absolute Gasteiger partial charge is 0.479 e. The van der Waals surface area contributed by atoms with Crippen LogP contribution in [0.25, 0.3) is 11.0 Å². The molecule has 0 aliphatic carbocycles. The van der Waals surface area contributed by atoms with Crippen molar-refractivity contribution < 1.29 is 9.13 Å². The summed E-state index contributed by atoms with van der Waals surface area (Å²) in [6, 6.07) is 25.2. The second kappa shape index (κ2) is 11.2. The fraction of sp³-hybridized carbons (Fsp3) is 0.310. The van der Waals surface area contributed by atoms with E-state index in [2.05, 4.69) is 33.0 Å². The van der Waals surface area contributed by atoms with Crippen LogP contribution in [-0.4, -0.2) is 46.7 Å². The average Bonchev–Trinajstić information content (AvgIpc) is 3.25. The van der Waals surface area contributed by atoms with Crippen molar-refractivity contribution in [2.45, 2.75) is 31.8 Å². The Morgan fingerprint density at radius 1 is 0.972 bits per heavy atom. The first-order valence-electron chi connectivity index (χ1n) is 12.5. The molecule has 0 saturated carbocycles. The highest BCUT2D eigenvalue weighted by molar-refractivity contribution is 5.78. The number of nitrogens with one attached hydrogen (secondary N) is 1. The summed E-state index contributed by atoms with van der Waals surface area (Å²) < 4.78 is 20.9. The summed E-state index contributed by atoms with van der Waals surface area (Å²) in [7, 11) is 0. The van der Waals surface area contributed by atoms with Crippen LogP contribution < -0.4 is 10.1 Å². The van der Waals surface area contributed by atoms with Gasteiger partial charge in [0.2, 0.25) is 5.95 Å². The molecular weight excluding hydrogens is 453 g/mol. The number of nitrogens with zero attached hydrogens (tertiary/aromatic N) is 4. The lowest BCUT2D eigenvalue weighted by molar-refractivity contribution is 0.221. The Kier molecular flexibility index (Phi) is 7.44. The highest BCUT2D eigenvalue weighted by atomic mass is 19.1. The molecule has 4 aromatic rings. The van der Waals surface area contributed by atoms with E-state index in [9.17, 15) is 4.39 Å². The van der Waals surface area contributed by atoms with E-state index in [1.165, 1.54) is 17.7 Å². The summed E-state index contributed by atoms with van der Waals surface area (Å²) in [5.74, 6) is 1.39. The van der Waals surface area contributed by atoms with Crippen molar-refractivity contribution in [3.8, 4) is 11.8 Å². The number of aromatic nitrogens is 2. The second-order valence-corrected chi connectivity index (χ2v) is 9.24.